The number of rotatable bonds is 4. The van der Waals surface area contributed by atoms with E-state index in [4.69, 9.17) is 5.73 Å². The zero-order valence-electron chi connectivity index (χ0n) is 9.95. The topological polar surface area (TPSA) is 43.8 Å². The Labute approximate surface area is 91.7 Å². The summed E-state index contributed by atoms with van der Waals surface area (Å²) >= 11 is 0. The van der Waals surface area contributed by atoms with Crippen molar-refractivity contribution >= 4 is 0 Å². The molecule has 0 aromatic carbocycles. The van der Waals surface area contributed by atoms with Crippen molar-refractivity contribution in [3.63, 3.8) is 0 Å². The highest BCUT2D eigenvalue weighted by molar-refractivity contribution is 5.24. The molecule has 2 N–H and O–H groups in total. The molecule has 2 rings (SSSR count). The van der Waals surface area contributed by atoms with Gasteiger partial charge in [0.1, 0.15) is 0 Å². The van der Waals surface area contributed by atoms with Crippen molar-refractivity contribution in [1.29, 1.82) is 0 Å². The molecule has 1 fully saturated rings. The molecule has 1 aromatic rings. The van der Waals surface area contributed by atoms with E-state index in [1.165, 1.54) is 24.1 Å². The van der Waals surface area contributed by atoms with Crippen LogP contribution in [-0.4, -0.2) is 15.8 Å². The van der Waals surface area contributed by atoms with Crippen LogP contribution in [0.2, 0.25) is 0 Å². The third-order valence-electron chi connectivity index (χ3n) is 3.61. The third kappa shape index (κ3) is 2.23. The highest BCUT2D eigenvalue weighted by Crippen LogP contribution is 2.33. The van der Waals surface area contributed by atoms with Crippen LogP contribution >= 0.6 is 0 Å². The van der Waals surface area contributed by atoms with Crippen molar-refractivity contribution in [1.82, 2.24) is 9.78 Å². The van der Waals surface area contributed by atoms with Gasteiger partial charge in [0, 0.05) is 18.8 Å². The fourth-order valence-corrected chi connectivity index (χ4v) is 2.25. The lowest BCUT2D eigenvalue weighted by atomic mass is 10.0. The van der Waals surface area contributed by atoms with E-state index in [9.17, 15) is 0 Å². The quantitative estimate of drug-likeness (QED) is 0.816. The first-order chi connectivity index (χ1) is 7.09. The van der Waals surface area contributed by atoms with E-state index < -0.39 is 0 Å². The maximum atomic E-state index is 6.11. The molecule has 1 atom stereocenters. The monoisotopic (exact) mass is 207 g/mol. The summed E-state index contributed by atoms with van der Waals surface area (Å²) in [5.74, 6) is 0.808. The minimum absolute atomic E-state index is 0.406. The molecule has 0 amide bonds. The molecule has 1 aliphatic carbocycles. The number of aryl methyl sites for hydroxylation is 2. The second kappa shape index (κ2) is 3.97. The molecule has 1 heterocycles. The van der Waals surface area contributed by atoms with Crippen molar-refractivity contribution in [2.45, 2.75) is 45.6 Å². The van der Waals surface area contributed by atoms with Crippen molar-refractivity contribution in [3.8, 4) is 0 Å². The Bertz CT molecular complexity index is 350. The van der Waals surface area contributed by atoms with E-state index in [0.717, 1.165) is 24.5 Å². The maximum absolute atomic E-state index is 6.11. The highest BCUT2D eigenvalue weighted by Gasteiger charge is 2.28. The Kier molecular flexibility index (Phi) is 2.83. The third-order valence-corrected chi connectivity index (χ3v) is 3.61. The molecule has 0 saturated heterocycles. The van der Waals surface area contributed by atoms with Crippen LogP contribution in [0.3, 0.4) is 0 Å². The minimum atomic E-state index is 0.406. The van der Waals surface area contributed by atoms with Gasteiger partial charge in [-0.2, -0.15) is 5.10 Å². The number of hydrogen-bond acceptors (Lipinski definition) is 2. The van der Waals surface area contributed by atoms with E-state index in [1.807, 2.05) is 11.7 Å². The zero-order chi connectivity index (χ0) is 11.0. The summed E-state index contributed by atoms with van der Waals surface area (Å²) in [5, 5.41) is 4.42. The molecule has 0 bridgehead atoms. The summed E-state index contributed by atoms with van der Waals surface area (Å²) in [6, 6.07) is 0.406. The van der Waals surface area contributed by atoms with Gasteiger partial charge in [0.25, 0.3) is 0 Å². The fourth-order valence-electron chi connectivity index (χ4n) is 2.25. The second-order valence-corrected chi connectivity index (χ2v) is 4.81. The van der Waals surface area contributed by atoms with Crippen molar-refractivity contribution in [3.05, 3.63) is 17.0 Å². The van der Waals surface area contributed by atoms with Crippen LogP contribution in [0, 0.1) is 19.8 Å². The van der Waals surface area contributed by atoms with E-state index in [0.29, 0.717) is 6.04 Å². The number of nitrogens with zero attached hydrogens (tertiary/aromatic N) is 2. The van der Waals surface area contributed by atoms with Crippen molar-refractivity contribution < 1.29 is 0 Å². The Hall–Kier alpha value is -0.830. The lowest BCUT2D eigenvalue weighted by Gasteiger charge is -2.09. The van der Waals surface area contributed by atoms with Crippen molar-refractivity contribution in [2.24, 2.45) is 18.7 Å². The average molecular weight is 207 g/mol. The molecule has 1 unspecified atom stereocenters. The van der Waals surface area contributed by atoms with Gasteiger partial charge in [0.15, 0.2) is 0 Å². The van der Waals surface area contributed by atoms with E-state index in [2.05, 4.69) is 18.9 Å². The zero-order valence-corrected chi connectivity index (χ0v) is 9.95. The molecule has 3 heteroatoms. The Balaban J connectivity index is 1.97. The first-order valence-corrected chi connectivity index (χ1v) is 5.84. The van der Waals surface area contributed by atoms with Gasteiger partial charge < -0.3 is 5.73 Å². The fraction of sp³-hybridized carbons (Fsp3) is 0.750. The van der Waals surface area contributed by atoms with Crippen molar-refractivity contribution in [2.75, 3.05) is 0 Å². The van der Waals surface area contributed by atoms with Gasteiger partial charge in [-0.05, 0) is 51.0 Å². The molecular weight excluding hydrogens is 186 g/mol. The Morgan fingerprint density at radius 1 is 1.47 bits per heavy atom. The van der Waals surface area contributed by atoms with Crippen LogP contribution in [0.5, 0.6) is 0 Å². The van der Waals surface area contributed by atoms with Gasteiger partial charge in [-0.3, -0.25) is 4.68 Å². The number of nitrogens with two attached hydrogens (primary N) is 1. The Morgan fingerprint density at radius 3 is 2.60 bits per heavy atom. The van der Waals surface area contributed by atoms with Gasteiger partial charge >= 0.3 is 0 Å². The largest absolute Gasteiger partial charge is 0.327 e. The van der Waals surface area contributed by atoms with Crippen LogP contribution in [-0.2, 0) is 13.5 Å². The number of aromatic nitrogens is 2. The number of hydrogen-bond donors (Lipinski definition) is 1. The molecule has 0 radical (unpaired) electrons. The summed E-state index contributed by atoms with van der Waals surface area (Å²) in [4.78, 5) is 0. The van der Waals surface area contributed by atoms with Crippen LogP contribution in [0.4, 0.5) is 0 Å². The minimum Gasteiger partial charge on any atom is -0.327 e. The van der Waals surface area contributed by atoms with Gasteiger partial charge in [-0.15, -0.1) is 0 Å². The lowest BCUT2D eigenvalue weighted by molar-refractivity contribution is 0.549. The predicted octanol–water partition coefficient (Wildman–Crippen LogP) is 1.71. The van der Waals surface area contributed by atoms with E-state index >= 15 is 0 Å². The molecule has 0 spiro atoms. The predicted molar refractivity (Wildman–Crippen MR) is 61.7 cm³/mol. The SMILES string of the molecule is Cc1nn(C)c(C)c1CCC(N)C1CC1. The van der Waals surface area contributed by atoms with Gasteiger partial charge in [-0.25, -0.2) is 0 Å². The lowest BCUT2D eigenvalue weighted by Crippen LogP contribution is -2.23. The molecule has 3 nitrogen and oxygen atoms in total. The van der Waals surface area contributed by atoms with Crippen LogP contribution in [0.15, 0.2) is 0 Å². The first-order valence-electron chi connectivity index (χ1n) is 5.84. The van der Waals surface area contributed by atoms with Gasteiger partial charge in [0.05, 0.1) is 5.69 Å². The normalized spacial score (nSPS) is 18.1. The summed E-state index contributed by atoms with van der Waals surface area (Å²) < 4.78 is 1.97. The molecule has 1 aromatic heterocycles. The standard InChI is InChI=1S/C12H21N3/c1-8-11(9(2)15(3)14-8)6-7-12(13)10-4-5-10/h10,12H,4-7,13H2,1-3H3. The van der Waals surface area contributed by atoms with Gasteiger partial charge in [0.2, 0.25) is 0 Å². The smallest absolute Gasteiger partial charge is 0.0628 e. The second-order valence-electron chi connectivity index (χ2n) is 4.81. The molecule has 0 aliphatic heterocycles. The van der Waals surface area contributed by atoms with E-state index in [1.54, 1.807) is 0 Å². The van der Waals surface area contributed by atoms with Crippen LogP contribution in [0.1, 0.15) is 36.2 Å². The van der Waals surface area contributed by atoms with E-state index in [-0.39, 0.29) is 0 Å². The maximum Gasteiger partial charge on any atom is 0.0628 e. The highest BCUT2D eigenvalue weighted by atomic mass is 15.3. The Morgan fingerprint density at radius 2 is 2.13 bits per heavy atom. The summed E-state index contributed by atoms with van der Waals surface area (Å²) in [6.45, 7) is 4.23. The summed E-state index contributed by atoms with van der Waals surface area (Å²) in [6.07, 6.45) is 4.87. The average Bonchev–Trinajstić information content (AvgIpc) is 2.96. The molecule has 84 valence electrons. The van der Waals surface area contributed by atoms with Gasteiger partial charge in [-0.1, -0.05) is 0 Å². The van der Waals surface area contributed by atoms with Crippen LogP contribution < -0.4 is 5.73 Å². The van der Waals surface area contributed by atoms with Crippen LogP contribution in [0.25, 0.3) is 0 Å². The molecule has 1 aliphatic rings. The molecule has 15 heavy (non-hydrogen) atoms. The first kappa shape index (κ1) is 10.7. The molecule has 1 saturated carbocycles. The molecular formula is C12H21N3. The summed E-state index contributed by atoms with van der Waals surface area (Å²) in [5.41, 5.74) is 9.96. The summed E-state index contributed by atoms with van der Waals surface area (Å²) in [7, 11) is 2.01.